The van der Waals surface area contributed by atoms with Gasteiger partial charge in [0.2, 0.25) is 5.91 Å². The molecule has 2 aromatic rings. The van der Waals surface area contributed by atoms with Gasteiger partial charge in [0, 0.05) is 11.4 Å². The second kappa shape index (κ2) is 7.42. The minimum atomic E-state index is -0.991. The van der Waals surface area contributed by atoms with Gasteiger partial charge in [-0.1, -0.05) is 23.7 Å². The number of carbonyl (C=O) groups is 2. The van der Waals surface area contributed by atoms with Crippen molar-refractivity contribution in [3.63, 3.8) is 0 Å². The Morgan fingerprint density at radius 3 is 2.64 bits per heavy atom. The van der Waals surface area contributed by atoms with Crippen molar-refractivity contribution in [2.45, 2.75) is 19.9 Å². The first-order chi connectivity index (χ1) is 10.5. The summed E-state index contributed by atoms with van der Waals surface area (Å²) in [4.78, 5) is 26.1. The standard InChI is InChI=1S/C16H16ClNO3S/c1-2-18(10-13-6-7-14(17)22-13)15(19)9-11-4-3-5-12(8-11)16(20)21/h3-8H,2,9-10H2,1H3,(H,20,21). The molecule has 0 atom stereocenters. The lowest BCUT2D eigenvalue weighted by Gasteiger charge is -2.20. The van der Waals surface area contributed by atoms with Crippen LogP contribution < -0.4 is 0 Å². The second-order valence-corrected chi connectivity index (χ2v) is 6.60. The largest absolute Gasteiger partial charge is 0.478 e. The number of carbonyl (C=O) groups excluding carboxylic acids is 1. The number of aromatic carboxylic acids is 1. The molecule has 0 aliphatic heterocycles. The number of halogens is 1. The van der Waals surface area contributed by atoms with E-state index in [4.69, 9.17) is 16.7 Å². The molecule has 0 radical (unpaired) electrons. The van der Waals surface area contributed by atoms with Gasteiger partial charge in [-0.2, -0.15) is 0 Å². The SMILES string of the molecule is CCN(Cc1ccc(Cl)s1)C(=O)Cc1cccc(C(=O)O)c1. The number of rotatable bonds is 6. The van der Waals surface area contributed by atoms with Gasteiger partial charge in [-0.3, -0.25) is 4.79 Å². The second-order valence-electron chi connectivity index (χ2n) is 4.80. The third kappa shape index (κ3) is 4.32. The fourth-order valence-corrected chi connectivity index (χ4v) is 3.21. The van der Waals surface area contributed by atoms with Gasteiger partial charge in [-0.05, 0) is 36.8 Å². The highest BCUT2D eigenvalue weighted by Crippen LogP contribution is 2.23. The topological polar surface area (TPSA) is 57.6 Å². The fraction of sp³-hybridized carbons (Fsp3) is 0.250. The summed E-state index contributed by atoms with van der Waals surface area (Å²) in [5.41, 5.74) is 0.894. The van der Waals surface area contributed by atoms with E-state index in [1.165, 1.54) is 23.5 Å². The van der Waals surface area contributed by atoms with Gasteiger partial charge in [0.25, 0.3) is 0 Å². The van der Waals surface area contributed by atoms with Crippen LogP contribution in [0.4, 0.5) is 0 Å². The van der Waals surface area contributed by atoms with E-state index < -0.39 is 5.97 Å². The Bertz CT molecular complexity index is 684. The van der Waals surface area contributed by atoms with E-state index in [1.807, 2.05) is 19.1 Å². The van der Waals surface area contributed by atoms with Crippen LogP contribution in [0, 0.1) is 0 Å². The van der Waals surface area contributed by atoms with Gasteiger partial charge in [0.1, 0.15) is 0 Å². The molecule has 0 fully saturated rings. The van der Waals surface area contributed by atoms with E-state index in [-0.39, 0.29) is 17.9 Å². The molecule has 0 aliphatic rings. The molecular formula is C16H16ClNO3S. The molecule has 0 saturated carbocycles. The van der Waals surface area contributed by atoms with Crippen molar-refractivity contribution in [2.75, 3.05) is 6.54 Å². The van der Waals surface area contributed by atoms with Gasteiger partial charge in [-0.25, -0.2) is 4.79 Å². The van der Waals surface area contributed by atoms with Crippen LogP contribution in [0.25, 0.3) is 0 Å². The summed E-state index contributed by atoms with van der Waals surface area (Å²) in [7, 11) is 0. The number of amides is 1. The number of benzene rings is 1. The Labute approximate surface area is 137 Å². The molecule has 0 bridgehead atoms. The van der Waals surface area contributed by atoms with Crippen molar-refractivity contribution < 1.29 is 14.7 Å². The average molecular weight is 338 g/mol. The molecule has 0 saturated heterocycles. The van der Waals surface area contributed by atoms with Crippen molar-refractivity contribution in [3.8, 4) is 0 Å². The van der Waals surface area contributed by atoms with Crippen molar-refractivity contribution in [3.05, 3.63) is 56.7 Å². The Balaban J connectivity index is 2.05. The predicted molar refractivity (Wildman–Crippen MR) is 87.5 cm³/mol. The van der Waals surface area contributed by atoms with Crippen molar-refractivity contribution >= 4 is 34.8 Å². The number of thiophene rings is 1. The monoisotopic (exact) mass is 337 g/mol. The molecule has 0 spiro atoms. The van der Waals surface area contributed by atoms with Crippen molar-refractivity contribution in [2.24, 2.45) is 0 Å². The molecule has 1 aromatic carbocycles. The summed E-state index contributed by atoms with van der Waals surface area (Å²) in [5.74, 6) is -1.02. The fourth-order valence-electron chi connectivity index (χ4n) is 2.10. The summed E-state index contributed by atoms with van der Waals surface area (Å²) >= 11 is 7.36. The minimum Gasteiger partial charge on any atom is -0.478 e. The van der Waals surface area contributed by atoms with Gasteiger partial charge < -0.3 is 10.0 Å². The molecular weight excluding hydrogens is 322 g/mol. The highest BCUT2D eigenvalue weighted by atomic mass is 35.5. The number of carboxylic acids is 1. The summed E-state index contributed by atoms with van der Waals surface area (Å²) < 4.78 is 0.702. The zero-order valence-electron chi connectivity index (χ0n) is 12.1. The van der Waals surface area contributed by atoms with Gasteiger partial charge in [0.05, 0.1) is 22.9 Å². The molecule has 0 unspecified atom stereocenters. The molecule has 0 aliphatic carbocycles. The van der Waals surface area contributed by atoms with Crippen LogP contribution in [0.15, 0.2) is 36.4 Å². The van der Waals surface area contributed by atoms with E-state index in [1.54, 1.807) is 17.0 Å². The Morgan fingerprint density at radius 2 is 2.05 bits per heavy atom. The highest BCUT2D eigenvalue weighted by Gasteiger charge is 2.14. The zero-order chi connectivity index (χ0) is 16.1. The van der Waals surface area contributed by atoms with Crippen molar-refractivity contribution in [1.29, 1.82) is 0 Å². The van der Waals surface area contributed by atoms with Crippen LogP contribution in [-0.4, -0.2) is 28.4 Å². The van der Waals surface area contributed by atoms with E-state index in [2.05, 4.69) is 0 Å². The van der Waals surface area contributed by atoms with Crippen LogP contribution in [0.1, 0.15) is 27.7 Å². The zero-order valence-corrected chi connectivity index (χ0v) is 13.7. The molecule has 1 N–H and O–H groups in total. The lowest BCUT2D eigenvalue weighted by molar-refractivity contribution is -0.130. The van der Waals surface area contributed by atoms with Gasteiger partial charge in [-0.15, -0.1) is 11.3 Å². The first-order valence-electron chi connectivity index (χ1n) is 6.83. The molecule has 1 heterocycles. The molecule has 4 nitrogen and oxygen atoms in total. The molecule has 6 heteroatoms. The maximum absolute atomic E-state index is 12.4. The third-order valence-electron chi connectivity index (χ3n) is 3.24. The third-order valence-corrected chi connectivity index (χ3v) is 4.46. The summed E-state index contributed by atoms with van der Waals surface area (Å²) in [6, 6.07) is 10.2. The smallest absolute Gasteiger partial charge is 0.335 e. The maximum Gasteiger partial charge on any atom is 0.335 e. The highest BCUT2D eigenvalue weighted by molar-refractivity contribution is 7.16. The normalized spacial score (nSPS) is 10.5. The van der Waals surface area contributed by atoms with E-state index in [0.29, 0.717) is 23.0 Å². The lowest BCUT2D eigenvalue weighted by Crippen LogP contribution is -2.31. The van der Waals surface area contributed by atoms with Gasteiger partial charge >= 0.3 is 5.97 Å². The summed E-state index contributed by atoms with van der Waals surface area (Å²) in [6.45, 7) is 3.03. The van der Waals surface area contributed by atoms with Crippen molar-refractivity contribution in [1.82, 2.24) is 4.90 Å². The molecule has 116 valence electrons. The van der Waals surface area contributed by atoms with Crippen LogP contribution in [0.3, 0.4) is 0 Å². The number of nitrogens with zero attached hydrogens (tertiary/aromatic N) is 1. The first kappa shape index (κ1) is 16.5. The van der Waals surface area contributed by atoms with Crippen LogP contribution >= 0.6 is 22.9 Å². The van der Waals surface area contributed by atoms with E-state index in [9.17, 15) is 9.59 Å². The number of likely N-dealkylation sites (N-methyl/N-ethyl adjacent to an activating group) is 1. The predicted octanol–water partition coefficient (Wildman–Crippen LogP) is 3.69. The Hall–Kier alpha value is -1.85. The Kier molecular flexibility index (Phi) is 5.57. The quantitative estimate of drug-likeness (QED) is 0.874. The number of hydrogen-bond acceptors (Lipinski definition) is 3. The van der Waals surface area contributed by atoms with E-state index >= 15 is 0 Å². The average Bonchev–Trinajstić information content (AvgIpc) is 2.90. The molecule has 22 heavy (non-hydrogen) atoms. The first-order valence-corrected chi connectivity index (χ1v) is 8.03. The van der Waals surface area contributed by atoms with Crippen LogP contribution in [-0.2, 0) is 17.8 Å². The Morgan fingerprint density at radius 1 is 1.27 bits per heavy atom. The molecule has 2 rings (SSSR count). The van der Waals surface area contributed by atoms with Gasteiger partial charge in [0.15, 0.2) is 0 Å². The maximum atomic E-state index is 12.4. The number of carboxylic acid groups (broad SMARTS) is 1. The lowest BCUT2D eigenvalue weighted by atomic mass is 10.1. The minimum absolute atomic E-state index is 0.0328. The van der Waals surface area contributed by atoms with Crippen LogP contribution in [0.5, 0.6) is 0 Å². The molecule has 1 amide bonds. The number of hydrogen-bond donors (Lipinski definition) is 1. The summed E-state index contributed by atoms with van der Waals surface area (Å²) in [6.07, 6.45) is 0.189. The summed E-state index contributed by atoms with van der Waals surface area (Å²) in [5, 5.41) is 8.99. The molecule has 1 aromatic heterocycles. The van der Waals surface area contributed by atoms with E-state index in [0.717, 1.165) is 4.88 Å². The van der Waals surface area contributed by atoms with Crippen LogP contribution in [0.2, 0.25) is 4.34 Å².